The van der Waals surface area contributed by atoms with Crippen molar-refractivity contribution in [3.05, 3.63) is 0 Å². The summed E-state index contributed by atoms with van der Waals surface area (Å²) in [5.74, 6) is 0.977. The molecular weight excluding hydrogens is 226 g/mol. The van der Waals surface area contributed by atoms with Gasteiger partial charge in [-0.25, -0.2) is 0 Å². The fourth-order valence-corrected chi connectivity index (χ4v) is 2.83. The van der Waals surface area contributed by atoms with Crippen molar-refractivity contribution in [3.8, 4) is 0 Å². The monoisotopic (exact) mass is 255 g/mol. The third kappa shape index (κ3) is 4.25. The lowest BCUT2D eigenvalue weighted by Crippen LogP contribution is -2.48. The van der Waals surface area contributed by atoms with Crippen LogP contribution in [0.4, 0.5) is 0 Å². The first-order chi connectivity index (χ1) is 8.62. The highest BCUT2D eigenvalue weighted by Gasteiger charge is 2.25. The van der Waals surface area contributed by atoms with Gasteiger partial charge in [-0.3, -0.25) is 9.69 Å². The first-order valence-corrected chi connectivity index (χ1v) is 7.34. The van der Waals surface area contributed by atoms with Crippen LogP contribution in [0.2, 0.25) is 0 Å². The molecule has 0 spiro atoms. The SMILES string of the molecule is CCN(CC)C(=O)CC(CN)N1CCCC(C)C1. The van der Waals surface area contributed by atoms with Crippen LogP contribution in [0.5, 0.6) is 0 Å². The lowest BCUT2D eigenvalue weighted by molar-refractivity contribution is -0.132. The number of piperidine rings is 1. The lowest BCUT2D eigenvalue weighted by Gasteiger charge is -2.37. The number of amides is 1. The Kier molecular flexibility index (Phi) is 6.65. The van der Waals surface area contributed by atoms with Crippen molar-refractivity contribution in [2.24, 2.45) is 11.7 Å². The van der Waals surface area contributed by atoms with Gasteiger partial charge in [-0.05, 0) is 39.2 Å². The maximum atomic E-state index is 12.1. The molecule has 2 unspecified atom stereocenters. The molecule has 0 aliphatic carbocycles. The molecule has 0 aromatic heterocycles. The number of hydrogen-bond donors (Lipinski definition) is 1. The molecule has 0 radical (unpaired) electrons. The average Bonchev–Trinajstić information content (AvgIpc) is 2.37. The standard InChI is InChI=1S/C14H29N3O/c1-4-16(5-2)14(18)9-13(10-15)17-8-6-7-12(3)11-17/h12-13H,4-11,15H2,1-3H3. The zero-order valence-corrected chi connectivity index (χ0v) is 12.2. The first kappa shape index (κ1) is 15.4. The Morgan fingerprint density at radius 2 is 2.11 bits per heavy atom. The van der Waals surface area contributed by atoms with Gasteiger partial charge < -0.3 is 10.6 Å². The van der Waals surface area contributed by atoms with Crippen LogP contribution in [0.15, 0.2) is 0 Å². The highest BCUT2D eigenvalue weighted by atomic mass is 16.2. The number of rotatable bonds is 6. The van der Waals surface area contributed by atoms with E-state index in [9.17, 15) is 4.79 Å². The van der Waals surface area contributed by atoms with E-state index in [-0.39, 0.29) is 11.9 Å². The van der Waals surface area contributed by atoms with Crippen LogP contribution < -0.4 is 5.73 Å². The van der Waals surface area contributed by atoms with E-state index in [0.29, 0.717) is 13.0 Å². The van der Waals surface area contributed by atoms with Crippen molar-refractivity contribution in [1.82, 2.24) is 9.80 Å². The maximum Gasteiger partial charge on any atom is 0.224 e. The predicted molar refractivity (Wildman–Crippen MR) is 75.4 cm³/mol. The van der Waals surface area contributed by atoms with Crippen molar-refractivity contribution in [3.63, 3.8) is 0 Å². The molecule has 1 rings (SSSR count). The molecule has 2 atom stereocenters. The number of likely N-dealkylation sites (tertiary alicyclic amines) is 1. The second-order valence-electron chi connectivity index (χ2n) is 5.40. The number of carbonyl (C=O) groups is 1. The Morgan fingerprint density at radius 1 is 1.44 bits per heavy atom. The van der Waals surface area contributed by atoms with E-state index in [0.717, 1.165) is 32.1 Å². The topological polar surface area (TPSA) is 49.6 Å². The summed E-state index contributed by atoms with van der Waals surface area (Å²) in [6.07, 6.45) is 3.11. The first-order valence-electron chi connectivity index (χ1n) is 7.34. The summed E-state index contributed by atoms with van der Waals surface area (Å²) < 4.78 is 0. The molecule has 2 N–H and O–H groups in total. The molecule has 0 aromatic carbocycles. The van der Waals surface area contributed by atoms with Crippen molar-refractivity contribution >= 4 is 5.91 Å². The molecule has 1 saturated heterocycles. The summed E-state index contributed by atoms with van der Waals surface area (Å²) in [5.41, 5.74) is 5.87. The summed E-state index contributed by atoms with van der Waals surface area (Å²) in [5, 5.41) is 0. The van der Waals surface area contributed by atoms with E-state index in [2.05, 4.69) is 11.8 Å². The van der Waals surface area contributed by atoms with E-state index in [1.54, 1.807) is 0 Å². The van der Waals surface area contributed by atoms with Gasteiger partial charge in [0.25, 0.3) is 0 Å². The van der Waals surface area contributed by atoms with E-state index in [4.69, 9.17) is 5.73 Å². The van der Waals surface area contributed by atoms with Crippen LogP contribution in [0.1, 0.15) is 40.0 Å². The van der Waals surface area contributed by atoms with Crippen LogP contribution in [0.25, 0.3) is 0 Å². The minimum absolute atomic E-state index is 0.223. The van der Waals surface area contributed by atoms with Gasteiger partial charge in [0.15, 0.2) is 0 Å². The Hall–Kier alpha value is -0.610. The number of hydrogen-bond acceptors (Lipinski definition) is 3. The molecule has 106 valence electrons. The minimum atomic E-state index is 0.223. The maximum absolute atomic E-state index is 12.1. The molecule has 1 heterocycles. The van der Waals surface area contributed by atoms with Crippen LogP contribution in [0.3, 0.4) is 0 Å². The Labute approximate surface area is 111 Å². The van der Waals surface area contributed by atoms with Crippen molar-refractivity contribution in [2.45, 2.75) is 46.1 Å². The third-order valence-electron chi connectivity index (χ3n) is 4.00. The van der Waals surface area contributed by atoms with E-state index < -0.39 is 0 Å². The molecule has 4 nitrogen and oxygen atoms in total. The number of carbonyl (C=O) groups excluding carboxylic acids is 1. The van der Waals surface area contributed by atoms with Gasteiger partial charge in [0.1, 0.15) is 0 Å². The second-order valence-corrected chi connectivity index (χ2v) is 5.40. The highest BCUT2D eigenvalue weighted by molar-refractivity contribution is 5.76. The third-order valence-corrected chi connectivity index (χ3v) is 4.00. The predicted octanol–water partition coefficient (Wildman–Crippen LogP) is 1.30. The van der Waals surface area contributed by atoms with Crippen LogP contribution >= 0.6 is 0 Å². The van der Waals surface area contributed by atoms with E-state index in [1.807, 2.05) is 18.7 Å². The Balaban J connectivity index is 2.52. The summed E-state index contributed by atoms with van der Waals surface area (Å²) in [6, 6.07) is 0.223. The normalized spacial score (nSPS) is 22.8. The summed E-state index contributed by atoms with van der Waals surface area (Å²) in [7, 11) is 0. The van der Waals surface area contributed by atoms with Gasteiger partial charge in [-0.2, -0.15) is 0 Å². The number of nitrogens with two attached hydrogens (primary N) is 1. The van der Waals surface area contributed by atoms with Gasteiger partial charge in [0, 0.05) is 38.6 Å². The average molecular weight is 255 g/mol. The zero-order valence-electron chi connectivity index (χ0n) is 12.2. The summed E-state index contributed by atoms with van der Waals surface area (Å²) >= 11 is 0. The molecule has 0 saturated carbocycles. The van der Waals surface area contributed by atoms with Gasteiger partial charge >= 0.3 is 0 Å². The lowest BCUT2D eigenvalue weighted by atomic mass is 9.97. The quantitative estimate of drug-likeness (QED) is 0.778. The molecule has 1 fully saturated rings. The van der Waals surface area contributed by atoms with E-state index >= 15 is 0 Å². The molecular formula is C14H29N3O. The summed E-state index contributed by atoms with van der Waals surface area (Å²) in [4.78, 5) is 16.5. The minimum Gasteiger partial charge on any atom is -0.343 e. The van der Waals surface area contributed by atoms with Gasteiger partial charge in [-0.15, -0.1) is 0 Å². The van der Waals surface area contributed by atoms with E-state index in [1.165, 1.54) is 12.8 Å². The van der Waals surface area contributed by atoms with Gasteiger partial charge in [0.05, 0.1) is 0 Å². The van der Waals surface area contributed by atoms with Crippen LogP contribution in [-0.2, 0) is 4.79 Å². The smallest absolute Gasteiger partial charge is 0.224 e. The fourth-order valence-electron chi connectivity index (χ4n) is 2.83. The molecule has 1 aliphatic heterocycles. The molecule has 1 amide bonds. The highest BCUT2D eigenvalue weighted by Crippen LogP contribution is 2.19. The van der Waals surface area contributed by atoms with Gasteiger partial charge in [0.2, 0.25) is 5.91 Å². The van der Waals surface area contributed by atoms with Crippen molar-refractivity contribution in [2.75, 3.05) is 32.7 Å². The molecule has 1 aliphatic rings. The molecule has 4 heteroatoms. The van der Waals surface area contributed by atoms with Crippen LogP contribution in [0, 0.1) is 5.92 Å². The van der Waals surface area contributed by atoms with Crippen molar-refractivity contribution < 1.29 is 4.79 Å². The summed E-state index contributed by atoms with van der Waals surface area (Å²) in [6.45, 7) is 10.7. The van der Waals surface area contributed by atoms with Crippen LogP contribution in [-0.4, -0.2) is 54.5 Å². The molecule has 0 bridgehead atoms. The second kappa shape index (κ2) is 7.74. The molecule has 0 aromatic rings. The molecule has 18 heavy (non-hydrogen) atoms. The Morgan fingerprint density at radius 3 is 2.61 bits per heavy atom. The number of nitrogens with zero attached hydrogens (tertiary/aromatic N) is 2. The zero-order chi connectivity index (χ0) is 13.5. The Bertz CT molecular complexity index is 253. The van der Waals surface area contributed by atoms with Crippen molar-refractivity contribution in [1.29, 1.82) is 0 Å². The fraction of sp³-hybridized carbons (Fsp3) is 0.929. The largest absolute Gasteiger partial charge is 0.343 e. The van der Waals surface area contributed by atoms with Gasteiger partial charge in [-0.1, -0.05) is 6.92 Å².